The van der Waals surface area contributed by atoms with E-state index < -0.39 is 6.29 Å². The van der Waals surface area contributed by atoms with Crippen molar-refractivity contribution in [2.24, 2.45) is 0 Å². The van der Waals surface area contributed by atoms with Gasteiger partial charge >= 0.3 is 0 Å². The summed E-state index contributed by atoms with van der Waals surface area (Å²) in [6.07, 6.45) is 1.76. The van der Waals surface area contributed by atoms with E-state index in [-0.39, 0.29) is 17.9 Å². The number of carbonyl (C=O) groups is 2. The first-order valence-electron chi connectivity index (χ1n) is 10.8. The molecule has 0 radical (unpaired) electrons. The van der Waals surface area contributed by atoms with Gasteiger partial charge in [-0.1, -0.05) is 13.3 Å². The number of amides is 2. The maximum Gasteiger partial charge on any atom is 0.256 e. The maximum absolute atomic E-state index is 13.0. The number of nitrogens with zero attached hydrogens (tertiary/aromatic N) is 2. The number of aryl methyl sites for hydroxylation is 1. The highest BCUT2D eigenvalue weighted by Crippen LogP contribution is 2.29. The first-order chi connectivity index (χ1) is 14.9. The van der Waals surface area contributed by atoms with Crippen LogP contribution in [-0.4, -0.2) is 40.9 Å². The highest BCUT2D eigenvalue weighted by atomic mass is 16.5. The topological polar surface area (TPSA) is 107 Å². The van der Waals surface area contributed by atoms with Crippen LogP contribution >= 0.6 is 0 Å². The highest BCUT2D eigenvalue weighted by Gasteiger charge is 2.28. The Morgan fingerprint density at radius 3 is 2.65 bits per heavy atom. The van der Waals surface area contributed by atoms with Gasteiger partial charge in [0.2, 0.25) is 5.91 Å². The quantitative estimate of drug-likeness (QED) is 0.566. The predicted molar refractivity (Wildman–Crippen MR) is 117 cm³/mol. The first-order valence-corrected chi connectivity index (χ1v) is 10.8. The molecule has 0 bridgehead atoms. The molecule has 1 saturated heterocycles. The van der Waals surface area contributed by atoms with Crippen LogP contribution in [0.15, 0.2) is 24.3 Å². The smallest absolute Gasteiger partial charge is 0.256 e. The summed E-state index contributed by atoms with van der Waals surface area (Å²) in [6, 6.07) is 6.91. The van der Waals surface area contributed by atoms with E-state index in [1.165, 1.54) is 0 Å². The zero-order valence-corrected chi connectivity index (χ0v) is 18.5. The molecule has 2 unspecified atom stereocenters. The van der Waals surface area contributed by atoms with Crippen molar-refractivity contribution in [2.45, 2.75) is 59.3 Å². The average Bonchev–Trinajstić information content (AvgIpc) is 3.09. The lowest BCUT2D eigenvalue weighted by Gasteiger charge is -2.32. The molecular formula is C22H31N5O4. The fourth-order valence-corrected chi connectivity index (χ4v) is 3.61. The molecule has 1 fully saturated rings. The Labute approximate surface area is 182 Å². The average molecular weight is 430 g/mol. The van der Waals surface area contributed by atoms with E-state index in [2.05, 4.69) is 28.0 Å². The van der Waals surface area contributed by atoms with Crippen molar-refractivity contribution in [1.29, 1.82) is 0 Å². The lowest BCUT2D eigenvalue weighted by molar-refractivity contribution is -0.125. The number of carbonyl (C=O) groups excluding carboxylic acids is 2. The van der Waals surface area contributed by atoms with Crippen molar-refractivity contribution in [2.75, 3.05) is 18.5 Å². The summed E-state index contributed by atoms with van der Waals surface area (Å²) in [6.45, 7) is 8.65. The van der Waals surface area contributed by atoms with Crippen molar-refractivity contribution >= 4 is 17.6 Å². The zero-order valence-electron chi connectivity index (χ0n) is 18.5. The third-order valence-electron chi connectivity index (χ3n) is 4.91. The van der Waals surface area contributed by atoms with Gasteiger partial charge in [0.15, 0.2) is 17.8 Å². The molecule has 9 heteroatoms. The van der Waals surface area contributed by atoms with Crippen LogP contribution in [0.5, 0.6) is 11.5 Å². The highest BCUT2D eigenvalue weighted by molar-refractivity contribution is 6.04. The maximum atomic E-state index is 13.0. The van der Waals surface area contributed by atoms with E-state index in [1.807, 2.05) is 20.8 Å². The van der Waals surface area contributed by atoms with E-state index in [0.29, 0.717) is 42.5 Å². The van der Waals surface area contributed by atoms with Crippen LogP contribution in [-0.2, 0) is 4.79 Å². The molecule has 9 nitrogen and oxygen atoms in total. The Hall–Kier alpha value is -3.07. The number of aromatic nitrogens is 2. The van der Waals surface area contributed by atoms with Crippen LogP contribution in [0.2, 0.25) is 0 Å². The summed E-state index contributed by atoms with van der Waals surface area (Å²) in [5.74, 6) is 1.25. The van der Waals surface area contributed by atoms with E-state index in [9.17, 15) is 9.59 Å². The molecule has 2 heterocycles. The molecule has 1 aromatic heterocycles. The van der Waals surface area contributed by atoms with Gasteiger partial charge in [0.1, 0.15) is 5.82 Å². The number of nitrogens with one attached hydrogen (secondary N) is 3. The van der Waals surface area contributed by atoms with Gasteiger partial charge in [0, 0.05) is 24.1 Å². The summed E-state index contributed by atoms with van der Waals surface area (Å²) in [5.41, 5.74) is 1.16. The second-order valence-corrected chi connectivity index (χ2v) is 7.42. The largest absolute Gasteiger partial charge is 0.490 e. The minimum absolute atomic E-state index is 0.0412. The van der Waals surface area contributed by atoms with Crippen molar-refractivity contribution in [3.63, 3.8) is 0 Å². The lowest BCUT2D eigenvalue weighted by atomic mass is 10.1. The van der Waals surface area contributed by atoms with E-state index in [0.717, 1.165) is 18.5 Å². The first kappa shape index (κ1) is 22.6. The van der Waals surface area contributed by atoms with Gasteiger partial charge in [0.25, 0.3) is 5.91 Å². The van der Waals surface area contributed by atoms with Gasteiger partial charge in [-0.05, 0) is 45.4 Å². The Bertz CT molecular complexity index is 927. The number of ether oxygens (including phenoxy) is 2. The SMILES string of the molecule is CCCC1CC(=O)NC(n2nc(C)cc2NC(=O)c2ccc(OCC)c(OCC)c2)N1. The van der Waals surface area contributed by atoms with Crippen LogP contribution < -0.4 is 25.4 Å². The molecule has 1 aliphatic heterocycles. The molecule has 1 aliphatic rings. The third-order valence-corrected chi connectivity index (χ3v) is 4.91. The molecule has 0 spiro atoms. The molecule has 0 saturated carbocycles. The Kier molecular flexibility index (Phi) is 7.51. The van der Waals surface area contributed by atoms with Crippen LogP contribution in [0, 0.1) is 6.92 Å². The number of hydrogen-bond acceptors (Lipinski definition) is 6. The fraction of sp³-hybridized carbons (Fsp3) is 0.500. The summed E-state index contributed by atoms with van der Waals surface area (Å²) in [4.78, 5) is 25.1. The van der Waals surface area contributed by atoms with Crippen LogP contribution in [0.1, 0.15) is 62.4 Å². The number of rotatable bonds is 9. The molecular weight excluding hydrogens is 398 g/mol. The monoisotopic (exact) mass is 429 g/mol. The van der Waals surface area contributed by atoms with Crippen LogP contribution in [0.3, 0.4) is 0 Å². The second kappa shape index (κ2) is 10.3. The molecule has 3 rings (SSSR count). The lowest BCUT2D eigenvalue weighted by Crippen LogP contribution is -2.53. The van der Waals surface area contributed by atoms with Crippen molar-refractivity contribution in [1.82, 2.24) is 20.4 Å². The molecule has 168 valence electrons. The minimum Gasteiger partial charge on any atom is -0.490 e. The summed E-state index contributed by atoms with van der Waals surface area (Å²) >= 11 is 0. The predicted octanol–water partition coefficient (Wildman–Crippen LogP) is 2.98. The normalized spacial score (nSPS) is 18.4. The van der Waals surface area contributed by atoms with Crippen molar-refractivity contribution in [3.05, 3.63) is 35.5 Å². The van der Waals surface area contributed by atoms with E-state index in [4.69, 9.17) is 9.47 Å². The zero-order chi connectivity index (χ0) is 22.4. The van der Waals surface area contributed by atoms with Crippen molar-refractivity contribution in [3.8, 4) is 11.5 Å². The van der Waals surface area contributed by atoms with Crippen LogP contribution in [0.25, 0.3) is 0 Å². The van der Waals surface area contributed by atoms with Crippen LogP contribution in [0.4, 0.5) is 5.82 Å². The Morgan fingerprint density at radius 1 is 1.19 bits per heavy atom. The number of benzene rings is 1. The minimum atomic E-state index is -0.527. The van der Waals surface area contributed by atoms with E-state index in [1.54, 1.807) is 28.9 Å². The van der Waals surface area contributed by atoms with Gasteiger partial charge in [0.05, 0.1) is 18.9 Å². The fourth-order valence-electron chi connectivity index (χ4n) is 3.61. The summed E-state index contributed by atoms with van der Waals surface area (Å²) in [5, 5.41) is 13.7. The van der Waals surface area contributed by atoms with Gasteiger partial charge in [-0.3, -0.25) is 14.9 Å². The standard InChI is InChI=1S/C22H31N5O4/c1-5-8-16-13-20(28)25-22(23-16)27-19(11-14(4)26-27)24-21(29)15-9-10-17(30-6-2)18(12-15)31-7-3/h9-12,16,22-23H,5-8,13H2,1-4H3,(H,24,29)(H,25,28). The third kappa shape index (κ3) is 5.55. The molecule has 2 amide bonds. The molecule has 1 aromatic carbocycles. The summed E-state index contributed by atoms with van der Waals surface area (Å²) < 4.78 is 12.8. The van der Waals surface area contributed by atoms with Gasteiger partial charge in [-0.25, -0.2) is 4.68 Å². The van der Waals surface area contributed by atoms with Gasteiger partial charge < -0.3 is 20.1 Å². The number of hydrogen-bond donors (Lipinski definition) is 3. The van der Waals surface area contributed by atoms with Crippen molar-refractivity contribution < 1.29 is 19.1 Å². The Balaban J connectivity index is 1.81. The Morgan fingerprint density at radius 2 is 1.94 bits per heavy atom. The number of anilines is 1. The van der Waals surface area contributed by atoms with E-state index >= 15 is 0 Å². The molecule has 2 aromatic rings. The molecule has 31 heavy (non-hydrogen) atoms. The summed E-state index contributed by atoms with van der Waals surface area (Å²) in [7, 11) is 0. The molecule has 0 aliphatic carbocycles. The molecule has 2 atom stereocenters. The van der Waals surface area contributed by atoms with Gasteiger partial charge in [-0.2, -0.15) is 5.10 Å². The second-order valence-electron chi connectivity index (χ2n) is 7.42. The van der Waals surface area contributed by atoms with Gasteiger partial charge in [-0.15, -0.1) is 0 Å². The molecule has 3 N–H and O–H groups in total.